The van der Waals surface area contributed by atoms with Gasteiger partial charge in [-0.05, 0) is 24.3 Å². The van der Waals surface area contributed by atoms with E-state index in [1.165, 1.54) is 34.5 Å². The zero-order valence-corrected chi connectivity index (χ0v) is 17.9. The van der Waals surface area contributed by atoms with Crippen molar-refractivity contribution in [1.82, 2.24) is 13.5 Å². The highest BCUT2D eigenvalue weighted by atomic mass is 32.2. The molecule has 1 heterocycles. The van der Waals surface area contributed by atoms with Gasteiger partial charge in [-0.3, -0.25) is 4.79 Å². The summed E-state index contributed by atoms with van der Waals surface area (Å²) in [5.41, 5.74) is 1.11. The van der Waals surface area contributed by atoms with Crippen molar-refractivity contribution in [2.45, 2.75) is 9.79 Å². The van der Waals surface area contributed by atoms with Gasteiger partial charge < -0.3 is 4.90 Å². The molecule has 1 amide bonds. The highest BCUT2D eigenvalue weighted by Crippen LogP contribution is 2.33. The molecule has 0 aromatic heterocycles. The first kappa shape index (κ1) is 21.3. The van der Waals surface area contributed by atoms with Gasteiger partial charge in [0.2, 0.25) is 0 Å². The van der Waals surface area contributed by atoms with E-state index in [4.69, 9.17) is 0 Å². The van der Waals surface area contributed by atoms with Crippen molar-refractivity contribution in [2.75, 3.05) is 40.3 Å². The van der Waals surface area contributed by atoms with E-state index in [1.807, 2.05) is 24.3 Å². The summed E-state index contributed by atoms with van der Waals surface area (Å²) in [6, 6.07) is 16.7. The van der Waals surface area contributed by atoms with Crippen LogP contribution >= 0.6 is 11.8 Å². The van der Waals surface area contributed by atoms with E-state index in [0.29, 0.717) is 24.2 Å². The second-order valence-electron chi connectivity index (χ2n) is 6.69. The molecule has 1 aliphatic rings. The SMILES string of the molecule is CN(C)S(=O)(=O)N1CCN(C(=O)c2ccccc2Sc2ccccc2C#N)CC1. The van der Waals surface area contributed by atoms with Gasteiger partial charge in [-0.1, -0.05) is 36.0 Å². The van der Waals surface area contributed by atoms with Crippen LogP contribution in [0.3, 0.4) is 0 Å². The van der Waals surface area contributed by atoms with Crippen LogP contribution < -0.4 is 0 Å². The monoisotopic (exact) mass is 430 g/mol. The fourth-order valence-electron chi connectivity index (χ4n) is 3.02. The molecule has 0 saturated carbocycles. The maximum atomic E-state index is 13.1. The molecule has 0 bridgehead atoms. The van der Waals surface area contributed by atoms with Crippen LogP contribution in [0.4, 0.5) is 0 Å². The lowest BCUT2D eigenvalue weighted by Crippen LogP contribution is -2.53. The Morgan fingerprint density at radius 1 is 1.00 bits per heavy atom. The van der Waals surface area contributed by atoms with Crippen LogP contribution in [0.15, 0.2) is 58.3 Å². The molecule has 0 N–H and O–H groups in total. The number of nitrogens with zero attached hydrogens (tertiary/aromatic N) is 4. The van der Waals surface area contributed by atoms with Crippen LogP contribution in [0.1, 0.15) is 15.9 Å². The van der Waals surface area contributed by atoms with Gasteiger partial charge in [0, 0.05) is 50.1 Å². The molecule has 2 aromatic carbocycles. The predicted molar refractivity (Wildman–Crippen MR) is 112 cm³/mol. The second-order valence-corrected chi connectivity index (χ2v) is 9.91. The number of amides is 1. The third kappa shape index (κ3) is 4.62. The molecule has 0 aliphatic carbocycles. The number of carbonyl (C=O) groups excluding carboxylic acids is 1. The Bertz CT molecular complexity index is 1040. The van der Waals surface area contributed by atoms with Crippen LogP contribution in [0.5, 0.6) is 0 Å². The topological polar surface area (TPSA) is 84.7 Å². The Labute approximate surface area is 175 Å². The normalized spacial score (nSPS) is 15.3. The molecule has 2 aromatic rings. The number of hydrogen-bond acceptors (Lipinski definition) is 5. The smallest absolute Gasteiger partial charge is 0.281 e. The largest absolute Gasteiger partial charge is 0.336 e. The highest BCUT2D eigenvalue weighted by Gasteiger charge is 2.31. The molecule has 9 heteroatoms. The predicted octanol–water partition coefficient (Wildman–Crippen LogP) is 2.27. The lowest BCUT2D eigenvalue weighted by molar-refractivity contribution is 0.0691. The molecule has 1 aliphatic heterocycles. The Balaban J connectivity index is 1.77. The number of rotatable bonds is 5. The molecule has 0 radical (unpaired) electrons. The van der Waals surface area contributed by atoms with E-state index >= 15 is 0 Å². The second kappa shape index (κ2) is 8.97. The van der Waals surface area contributed by atoms with Crippen LogP contribution in [0.25, 0.3) is 0 Å². The molecular weight excluding hydrogens is 408 g/mol. The summed E-state index contributed by atoms with van der Waals surface area (Å²) in [4.78, 5) is 16.4. The molecule has 1 fully saturated rings. The number of piperazine rings is 1. The van der Waals surface area contributed by atoms with Gasteiger partial charge in [0.1, 0.15) is 6.07 Å². The van der Waals surface area contributed by atoms with Gasteiger partial charge in [0.15, 0.2) is 0 Å². The van der Waals surface area contributed by atoms with Crippen molar-refractivity contribution in [3.8, 4) is 6.07 Å². The fraction of sp³-hybridized carbons (Fsp3) is 0.300. The van der Waals surface area contributed by atoms with Crippen molar-refractivity contribution in [2.24, 2.45) is 0 Å². The van der Waals surface area contributed by atoms with E-state index in [1.54, 1.807) is 29.2 Å². The maximum Gasteiger partial charge on any atom is 0.281 e. The van der Waals surface area contributed by atoms with E-state index in [-0.39, 0.29) is 19.0 Å². The summed E-state index contributed by atoms with van der Waals surface area (Å²) in [5.74, 6) is -0.135. The number of hydrogen-bond donors (Lipinski definition) is 0. The minimum absolute atomic E-state index is 0.135. The average molecular weight is 431 g/mol. The van der Waals surface area contributed by atoms with Crippen LogP contribution in [0, 0.1) is 11.3 Å². The standard InChI is InChI=1S/C20H22N4O3S2/c1-22(2)29(26,27)24-13-11-23(12-14-24)20(25)17-8-4-6-10-19(17)28-18-9-5-3-7-16(18)15-21/h3-10H,11-14H2,1-2H3. The van der Waals surface area contributed by atoms with Gasteiger partial charge in [-0.2, -0.15) is 22.3 Å². The molecule has 0 spiro atoms. The van der Waals surface area contributed by atoms with Crippen molar-refractivity contribution in [3.05, 3.63) is 59.7 Å². The molecule has 0 atom stereocenters. The van der Waals surface area contributed by atoms with Crippen molar-refractivity contribution in [1.29, 1.82) is 5.26 Å². The van der Waals surface area contributed by atoms with Crippen LogP contribution in [0.2, 0.25) is 0 Å². The summed E-state index contributed by atoms with van der Waals surface area (Å²) in [7, 11) is -0.477. The summed E-state index contributed by atoms with van der Waals surface area (Å²) in [5, 5.41) is 9.31. The fourth-order valence-corrected chi connectivity index (χ4v) is 5.13. The molecule has 29 heavy (non-hydrogen) atoms. The first-order valence-corrected chi connectivity index (χ1v) is 11.3. The average Bonchev–Trinajstić information content (AvgIpc) is 2.74. The quantitative estimate of drug-likeness (QED) is 0.727. The zero-order valence-electron chi connectivity index (χ0n) is 16.3. The summed E-state index contributed by atoms with van der Waals surface area (Å²) < 4.78 is 27.1. The molecule has 0 unspecified atom stereocenters. The maximum absolute atomic E-state index is 13.1. The summed E-state index contributed by atoms with van der Waals surface area (Å²) in [6.45, 7) is 1.19. The Morgan fingerprint density at radius 2 is 1.59 bits per heavy atom. The third-order valence-electron chi connectivity index (χ3n) is 4.66. The number of nitriles is 1. The van der Waals surface area contributed by atoms with E-state index in [0.717, 1.165) is 9.79 Å². The Hall–Kier alpha value is -2.38. The molecule has 152 valence electrons. The molecule has 1 saturated heterocycles. The van der Waals surface area contributed by atoms with E-state index < -0.39 is 10.2 Å². The zero-order chi connectivity index (χ0) is 21.0. The van der Waals surface area contributed by atoms with Crippen LogP contribution in [-0.2, 0) is 10.2 Å². The molecule has 7 nitrogen and oxygen atoms in total. The number of carbonyl (C=O) groups is 1. The Morgan fingerprint density at radius 3 is 2.21 bits per heavy atom. The summed E-state index contributed by atoms with van der Waals surface area (Å²) >= 11 is 1.38. The third-order valence-corrected chi connectivity index (χ3v) is 7.75. The number of benzene rings is 2. The molecular formula is C20H22N4O3S2. The van der Waals surface area contributed by atoms with E-state index in [9.17, 15) is 18.5 Å². The van der Waals surface area contributed by atoms with Gasteiger partial charge in [0.25, 0.3) is 16.1 Å². The van der Waals surface area contributed by atoms with Gasteiger partial charge >= 0.3 is 0 Å². The first-order chi connectivity index (χ1) is 13.8. The van der Waals surface area contributed by atoms with Crippen LogP contribution in [-0.4, -0.2) is 68.1 Å². The van der Waals surface area contributed by atoms with Crippen molar-refractivity contribution in [3.63, 3.8) is 0 Å². The van der Waals surface area contributed by atoms with E-state index in [2.05, 4.69) is 6.07 Å². The first-order valence-electron chi connectivity index (χ1n) is 9.07. The Kier molecular flexibility index (Phi) is 6.59. The lowest BCUT2D eigenvalue weighted by atomic mass is 10.2. The lowest BCUT2D eigenvalue weighted by Gasteiger charge is -2.35. The molecule has 3 rings (SSSR count). The van der Waals surface area contributed by atoms with Gasteiger partial charge in [0.05, 0.1) is 11.1 Å². The van der Waals surface area contributed by atoms with Crippen molar-refractivity contribution >= 4 is 27.9 Å². The highest BCUT2D eigenvalue weighted by molar-refractivity contribution is 7.99. The van der Waals surface area contributed by atoms with Gasteiger partial charge in [-0.15, -0.1) is 0 Å². The minimum Gasteiger partial charge on any atom is -0.336 e. The summed E-state index contributed by atoms with van der Waals surface area (Å²) in [6.07, 6.45) is 0. The van der Waals surface area contributed by atoms with Crippen molar-refractivity contribution < 1.29 is 13.2 Å². The van der Waals surface area contributed by atoms with Gasteiger partial charge in [-0.25, -0.2) is 0 Å². The minimum atomic E-state index is -3.48.